The van der Waals surface area contributed by atoms with Gasteiger partial charge in [-0.25, -0.2) is 0 Å². The summed E-state index contributed by atoms with van der Waals surface area (Å²) >= 11 is 6.10. The Hall–Kier alpha value is -0.730. The molecule has 1 radical (unpaired) electrons. The van der Waals surface area contributed by atoms with Crippen molar-refractivity contribution < 1.29 is 9.47 Å². The molecule has 1 aromatic carbocycles. The van der Waals surface area contributed by atoms with E-state index in [0.717, 1.165) is 17.7 Å². The van der Waals surface area contributed by atoms with Crippen LogP contribution in [-0.2, 0) is 4.74 Å². The molecule has 0 bridgehead atoms. The van der Waals surface area contributed by atoms with E-state index in [1.165, 1.54) is 0 Å². The number of rotatable bonds is 6. The third-order valence-electron chi connectivity index (χ3n) is 2.40. The first-order valence-corrected chi connectivity index (χ1v) is 5.81. The Morgan fingerprint density at radius 1 is 1.44 bits per heavy atom. The van der Waals surface area contributed by atoms with Crippen LogP contribution in [0.5, 0.6) is 5.75 Å². The van der Waals surface area contributed by atoms with Crippen LogP contribution in [-0.4, -0.2) is 20.3 Å². The van der Waals surface area contributed by atoms with E-state index in [0.29, 0.717) is 18.2 Å². The molecular formula is C13H18ClO2. The van der Waals surface area contributed by atoms with Crippen LogP contribution in [0.1, 0.15) is 24.8 Å². The van der Waals surface area contributed by atoms with Gasteiger partial charge in [-0.05, 0) is 43.9 Å². The summed E-state index contributed by atoms with van der Waals surface area (Å²) in [5, 5.41) is 0.644. The molecule has 1 rings (SSSR count). The highest BCUT2D eigenvalue weighted by Crippen LogP contribution is 2.29. The molecule has 0 aromatic heterocycles. The molecule has 1 atom stereocenters. The van der Waals surface area contributed by atoms with Gasteiger partial charge in [-0.15, -0.1) is 0 Å². The lowest BCUT2D eigenvalue weighted by Gasteiger charge is -2.13. The first kappa shape index (κ1) is 13.3. The van der Waals surface area contributed by atoms with Gasteiger partial charge >= 0.3 is 0 Å². The Kier molecular flexibility index (Phi) is 5.64. The molecule has 89 valence electrons. The minimum absolute atomic E-state index is 0.202. The van der Waals surface area contributed by atoms with E-state index >= 15 is 0 Å². The summed E-state index contributed by atoms with van der Waals surface area (Å²) in [5.74, 6) is 0.931. The standard InChI is InChI=1S/C13H18ClO2/c1-4-16-13-6-5-11(9-12(13)14)10(2)7-8-15-3/h5-6,9-10H,2,4,7-8H2,1,3H3. The van der Waals surface area contributed by atoms with E-state index < -0.39 is 0 Å². The minimum Gasteiger partial charge on any atom is -0.492 e. The Balaban J connectivity index is 2.71. The first-order valence-electron chi connectivity index (χ1n) is 5.43. The third kappa shape index (κ3) is 3.69. The van der Waals surface area contributed by atoms with Crippen LogP contribution in [0.25, 0.3) is 0 Å². The lowest BCUT2D eigenvalue weighted by molar-refractivity contribution is 0.191. The summed E-state index contributed by atoms with van der Waals surface area (Å²) in [5.41, 5.74) is 1.12. The van der Waals surface area contributed by atoms with Crippen molar-refractivity contribution in [1.29, 1.82) is 0 Å². The van der Waals surface area contributed by atoms with Gasteiger partial charge in [0.25, 0.3) is 0 Å². The number of hydrogen-bond acceptors (Lipinski definition) is 2. The molecule has 0 saturated carbocycles. The monoisotopic (exact) mass is 241 g/mol. The summed E-state index contributed by atoms with van der Waals surface area (Å²) < 4.78 is 10.4. The van der Waals surface area contributed by atoms with E-state index in [-0.39, 0.29) is 5.92 Å². The number of ether oxygens (including phenoxy) is 2. The van der Waals surface area contributed by atoms with E-state index in [4.69, 9.17) is 21.1 Å². The van der Waals surface area contributed by atoms with Gasteiger partial charge in [-0.1, -0.05) is 17.7 Å². The van der Waals surface area contributed by atoms with Crippen molar-refractivity contribution in [2.24, 2.45) is 0 Å². The number of methoxy groups -OCH3 is 1. The number of hydrogen-bond donors (Lipinski definition) is 0. The first-order chi connectivity index (χ1) is 7.69. The van der Waals surface area contributed by atoms with E-state index in [2.05, 4.69) is 6.92 Å². The molecular weight excluding hydrogens is 224 g/mol. The molecule has 0 aliphatic heterocycles. The molecule has 0 saturated heterocycles. The van der Waals surface area contributed by atoms with Gasteiger partial charge in [0.05, 0.1) is 11.6 Å². The number of halogens is 1. The van der Waals surface area contributed by atoms with Crippen LogP contribution in [0.3, 0.4) is 0 Å². The molecule has 2 nitrogen and oxygen atoms in total. The summed E-state index contributed by atoms with van der Waals surface area (Å²) in [6, 6.07) is 5.82. The molecule has 0 heterocycles. The second-order valence-corrected chi connectivity index (χ2v) is 4.01. The predicted molar refractivity (Wildman–Crippen MR) is 67.2 cm³/mol. The molecule has 0 aliphatic rings. The zero-order chi connectivity index (χ0) is 12.0. The summed E-state index contributed by atoms with van der Waals surface area (Å²) in [6.45, 7) is 7.35. The maximum absolute atomic E-state index is 6.10. The minimum atomic E-state index is 0.202. The van der Waals surface area contributed by atoms with Crippen LogP contribution in [0.2, 0.25) is 5.02 Å². The van der Waals surface area contributed by atoms with Crippen molar-refractivity contribution >= 4 is 11.6 Å². The van der Waals surface area contributed by atoms with Crippen LogP contribution < -0.4 is 4.74 Å². The van der Waals surface area contributed by atoms with E-state index in [9.17, 15) is 0 Å². The van der Waals surface area contributed by atoms with Crippen molar-refractivity contribution in [3.8, 4) is 5.75 Å². The van der Waals surface area contributed by atoms with E-state index in [1.807, 2.05) is 25.1 Å². The van der Waals surface area contributed by atoms with Gasteiger partial charge in [0, 0.05) is 13.7 Å². The average molecular weight is 242 g/mol. The third-order valence-corrected chi connectivity index (χ3v) is 2.69. The molecule has 1 unspecified atom stereocenters. The second kappa shape index (κ2) is 6.77. The Bertz CT molecular complexity index is 326. The van der Waals surface area contributed by atoms with Gasteiger partial charge in [0.2, 0.25) is 0 Å². The predicted octanol–water partition coefficient (Wildman–Crippen LogP) is 3.69. The Morgan fingerprint density at radius 3 is 2.75 bits per heavy atom. The van der Waals surface area contributed by atoms with Crippen molar-refractivity contribution in [1.82, 2.24) is 0 Å². The fourth-order valence-corrected chi connectivity index (χ4v) is 1.71. The smallest absolute Gasteiger partial charge is 0.137 e. The molecule has 16 heavy (non-hydrogen) atoms. The molecule has 3 heteroatoms. The lowest BCUT2D eigenvalue weighted by Crippen LogP contribution is -2.00. The molecule has 0 amide bonds. The largest absolute Gasteiger partial charge is 0.492 e. The molecule has 0 spiro atoms. The van der Waals surface area contributed by atoms with Crippen LogP contribution in [0, 0.1) is 6.92 Å². The number of benzene rings is 1. The molecule has 0 fully saturated rings. The van der Waals surface area contributed by atoms with Crippen molar-refractivity contribution in [3.05, 3.63) is 35.7 Å². The molecule has 1 aromatic rings. The normalized spacial score (nSPS) is 12.5. The second-order valence-electron chi connectivity index (χ2n) is 3.60. The van der Waals surface area contributed by atoms with Crippen LogP contribution in [0.15, 0.2) is 18.2 Å². The van der Waals surface area contributed by atoms with Crippen molar-refractivity contribution in [3.63, 3.8) is 0 Å². The fraction of sp³-hybridized carbons (Fsp3) is 0.462. The summed E-state index contributed by atoms with van der Waals surface area (Å²) in [4.78, 5) is 0. The zero-order valence-electron chi connectivity index (χ0n) is 9.83. The van der Waals surface area contributed by atoms with Gasteiger partial charge < -0.3 is 9.47 Å². The van der Waals surface area contributed by atoms with Crippen LogP contribution >= 0.6 is 11.6 Å². The van der Waals surface area contributed by atoms with Crippen molar-refractivity contribution in [2.45, 2.75) is 19.3 Å². The van der Waals surface area contributed by atoms with Crippen molar-refractivity contribution in [2.75, 3.05) is 20.3 Å². The molecule has 0 N–H and O–H groups in total. The highest BCUT2D eigenvalue weighted by molar-refractivity contribution is 6.32. The fourth-order valence-electron chi connectivity index (χ4n) is 1.47. The highest BCUT2D eigenvalue weighted by atomic mass is 35.5. The Labute approximate surface area is 103 Å². The van der Waals surface area contributed by atoms with Gasteiger partial charge in [-0.2, -0.15) is 0 Å². The van der Waals surface area contributed by atoms with Gasteiger partial charge in [-0.3, -0.25) is 0 Å². The topological polar surface area (TPSA) is 18.5 Å². The quantitative estimate of drug-likeness (QED) is 0.756. The zero-order valence-corrected chi connectivity index (χ0v) is 10.6. The maximum Gasteiger partial charge on any atom is 0.137 e. The lowest BCUT2D eigenvalue weighted by atomic mass is 9.98. The maximum atomic E-state index is 6.10. The SMILES string of the molecule is [CH2]C(CCOC)c1ccc(OCC)c(Cl)c1. The Morgan fingerprint density at radius 2 is 2.19 bits per heavy atom. The highest BCUT2D eigenvalue weighted by Gasteiger charge is 2.08. The average Bonchev–Trinajstić information content (AvgIpc) is 2.29. The van der Waals surface area contributed by atoms with E-state index in [1.54, 1.807) is 7.11 Å². The summed E-state index contributed by atoms with van der Waals surface area (Å²) in [7, 11) is 1.69. The molecule has 0 aliphatic carbocycles. The summed E-state index contributed by atoms with van der Waals surface area (Å²) in [6.07, 6.45) is 0.890. The van der Waals surface area contributed by atoms with Gasteiger partial charge in [0.15, 0.2) is 0 Å². The van der Waals surface area contributed by atoms with Crippen LogP contribution in [0.4, 0.5) is 0 Å². The van der Waals surface area contributed by atoms with Gasteiger partial charge in [0.1, 0.15) is 5.75 Å².